The summed E-state index contributed by atoms with van der Waals surface area (Å²) in [6, 6.07) is 2.97. The number of rotatable bonds is 2. The molecule has 0 N–H and O–H groups in total. The molecule has 0 aromatic carbocycles. The van der Waals surface area contributed by atoms with Gasteiger partial charge < -0.3 is 0 Å². The third-order valence-corrected chi connectivity index (χ3v) is 2.12. The number of hydrogen-bond acceptors (Lipinski definition) is 0. The molecule has 0 saturated heterocycles. The highest BCUT2D eigenvalue weighted by Crippen LogP contribution is 1.77. The van der Waals surface area contributed by atoms with Crippen molar-refractivity contribution in [1.82, 2.24) is 0 Å². The lowest BCUT2D eigenvalue weighted by Gasteiger charge is -1.77. The Morgan fingerprint density at radius 1 is 1.17 bits per heavy atom. The third kappa shape index (κ3) is 8.83. The Hall–Kier alpha value is 0.434. The average molecular weight is 120 g/mol. The summed E-state index contributed by atoms with van der Waals surface area (Å²) in [6.45, 7) is 4.55. The lowest BCUT2D eigenvalue weighted by molar-refractivity contribution is 1.36. The summed E-state index contributed by atoms with van der Waals surface area (Å²) in [5.74, 6) is 0. The molecule has 0 amide bonds. The van der Waals surface area contributed by atoms with E-state index in [2.05, 4.69) is 13.8 Å². The minimum Gasteiger partial charge on any atom is -0.0683 e. The van der Waals surface area contributed by atoms with E-state index in [4.69, 9.17) is 0 Å². The van der Waals surface area contributed by atoms with Gasteiger partial charge in [0.05, 0.1) is 0 Å². The first-order chi connectivity index (χ1) is 2.41. The van der Waals surface area contributed by atoms with E-state index in [-0.39, 0.29) is 11.0 Å². The Morgan fingerprint density at radius 3 is 1.50 bits per heavy atom. The van der Waals surface area contributed by atoms with Crippen molar-refractivity contribution in [2.24, 2.45) is 0 Å². The molecular weight excluding hydrogens is 104 g/mol. The topological polar surface area (TPSA) is 0 Å². The maximum Gasteiger partial charge on any atom is 0.0192 e. The highest BCUT2D eigenvalue weighted by molar-refractivity contribution is 6.34. The molecule has 0 spiro atoms. The van der Waals surface area contributed by atoms with Gasteiger partial charge in [-0.1, -0.05) is 25.9 Å². The molecule has 0 radical (unpaired) electrons. The van der Waals surface area contributed by atoms with E-state index in [9.17, 15) is 0 Å². The van der Waals surface area contributed by atoms with E-state index in [0.717, 1.165) is 0 Å². The van der Waals surface area contributed by atoms with Gasteiger partial charge in [0.25, 0.3) is 0 Å². The minimum atomic E-state index is 0. The Bertz CT molecular complexity index is 13.0. The molecule has 0 atom stereocenters. The molecule has 0 aromatic heterocycles. The zero-order chi connectivity index (χ0) is 4.12. The first kappa shape index (κ1) is 9.66. The van der Waals surface area contributed by atoms with Gasteiger partial charge in [-0.2, -0.15) is 0 Å². The molecule has 0 rings (SSSR count). The second kappa shape index (κ2) is 9.06. The van der Waals surface area contributed by atoms with Gasteiger partial charge in [-0.15, -0.1) is 0 Å². The maximum absolute atomic E-state index is 2.27. The first-order valence-electron chi connectivity index (χ1n) is 2.41. The summed E-state index contributed by atoms with van der Waals surface area (Å²) < 4.78 is 0. The quantitative estimate of drug-likeness (QED) is 0.434. The fourth-order valence-electron chi connectivity index (χ4n) is 0.354. The maximum atomic E-state index is 2.27. The molecule has 0 heterocycles. The summed E-state index contributed by atoms with van der Waals surface area (Å²) in [5, 5.41) is 0. The lowest BCUT2D eigenvalue weighted by atomic mass is 11.0. The van der Waals surface area contributed by atoms with Crippen molar-refractivity contribution in [2.45, 2.75) is 25.9 Å². The van der Waals surface area contributed by atoms with Gasteiger partial charge in [-0.3, -0.25) is 0 Å². The van der Waals surface area contributed by atoms with Crippen LogP contribution in [0.3, 0.4) is 0 Å². The first-order valence-corrected chi connectivity index (χ1v) is 4.41. The van der Waals surface area contributed by atoms with Crippen LogP contribution < -0.4 is 0 Å². The molecule has 0 saturated carbocycles. The van der Waals surface area contributed by atoms with Gasteiger partial charge in [-0.25, -0.2) is 0 Å². The zero-order valence-electron chi connectivity index (χ0n) is 4.12. The summed E-state index contributed by atoms with van der Waals surface area (Å²) in [6.07, 6.45) is 0. The van der Waals surface area contributed by atoms with Gasteiger partial charge >= 0.3 is 0 Å². The van der Waals surface area contributed by atoms with Crippen molar-refractivity contribution in [3.05, 3.63) is 0 Å². The molecule has 6 heavy (non-hydrogen) atoms. The molecular formula is C4H16Si2. The molecule has 0 aliphatic rings. The van der Waals surface area contributed by atoms with Crippen molar-refractivity contribution in [2.75, 3.05) is 0 Å². The van der Waals surface area contributed by atoms with E-state index in [1.807, 2.05) is 0 Å². The highest BCUT2D eigenvalue weighted by atomic mass is 28.2. The predicted octanol–water partition coefficient (Wildman–Crippen LogP) is -0.420. The highest BCUT2D eigenvalue weighted by Gasteiger charge is 1.70. The average Bonchev–Trinajstić information content (AvgIpc) is 1.41. The molecule has 0 bridgehead atoms. The second-order valence-electron chi connectivity index (χ2n) is 1.35. The second-order valence-corrected chi connectivity index (χ2v) is 4.06. The molecule has 0 fully saturated rings. The van der Waals surface area contributed by atoms with Crippen LogP contribution in [0.5, 0.6) is 0 Å². The summed E-state index contributed by atoms with van der Waals surface area (Å²) >= 11 is 0. The summed E-state index contributed by atoms with van der Waals surface area (Å²) in [7, 11) is 0.432. The third-order valence-electron chi connectivity index (χ3n) is 0.707. The van der Waals surface area contributed by atoms with Gasteiger partial charge in [0.2, 0.25) is 0 Å². The Balaban J connectivity index is 0. The Labute approximate surface area is 47.2 Å². The van der Waals surface area contributed by atoms with E-state index >= 15 is 0 Å². The largest absolute Gasteiger partial charge is 0.0683 e. The van der Waals surface area contributed by atoms with Gasteiger partial charge in [0, 0.05) is 9.52 Å². The van der Waals surface area contributed by atoms with Crippen molar-refractivity contribution in [3.8, 4) is 0 Å². The minimum absolute atomic E-state index is 0. The number of hydrogen-bond donors (Lipinski definition) is 0. The molecule has 0 unspecified atom stereocenters. The van der Waals surface area contributed by atoms with Crippen LogP contribution in [0, 0.1) is 0 Å². The Kier molecular flexibility index (Phi) is 14.6. The fraction of sp³-hybridized carbons (Fsp3) is 1.00. The van der Waals surface area contributed by atoms with E-state index < -0.39 is 0 Å². The van der Waals surface area contributed by atoms with Crippen molar-refractivity contribution in [3.63, 3.8) is 0 Å². The molecule has 0 aromatic rings. The molecule has 0 aliphatic carbocycles. The van der Waals surface area contributed by atoms with Crippen LogP contribution >= 0.6 is 0 Å². The van der Waals surface area contributed by atoms with Gasteiger partial charge in [0.15, 0.2) is 0 Å². The predicted molar refractivity (Wildman–Crippen MR) is 40.8 cm³/mol. The van der Waals surface area contributed by atoms with Crippen molar-refractivity contribution < 1.29 is 0 Å². The molecule has 40 valence electrons. The monoisotopic (exact) mass is 120 g/mol. The van der Waals surface area contributed by atoms with Crippen molar-refractivity contribution >= 4 is 20.5 Å². The lowest BCUT2D eigenvalue weighted by Crippen LogP contribution is -1.76. The smallest absolute Gasteiger partial charge is 0.0192 e. The molecule has 0 nitrogen and oxygen atoms in total. The SMILES string of the molecule is CC[SiH2]CC.[SiH4]. The van der Waals surface area contributed by atoms with Crippen LogP contribution in [0.25, 0.3) is 0 Å². The van der Waals surface area contributed by atoms with Crippen LogP contribution in [0.15, 0.2) is 0 Å². The van der Waals surface area contributed by atoms with Crippen LogP contribution in [-0.4, -0.2) is 20.5 Å². The van der Waals surface area contributed by atoms with E-state index in [0.29, 0.717) is 9.52 Å². The van der Waals surface area contributed by atoms with Crippen LogP contribution in [0.4, 0.5) is 0 Å². The van der Waals surface area contributed by atoms with Gasteiger partial charge in [-0.05, 0) is 11.0 Å². The van der Waals surface area contributed by atoms with Crippen molar-refractivity contribution in [1.29, 1.82) is 0 Å². The van der Waals surface area contributed by atoms with E-state index in [1.54, 1.807) is 0 Å². The van der Waals surface area contributed by atoms with Crippen LogP contribution in [-0.2, 0) is 0 Å². The standard InChI is InChI=1S/C4H12Si.H4Si/c1-3-5-4-2;/h3-5H2,1-2H3;1H4. The zero-order valence-corrected chi connectivity index (χ0v) is 5.54. The molecule has 0 aliphatic heterocycles. The summed E-state index contributed by atoms with van der Waals surface area (Å²) in [4.78, 5) is 0. The fourth-order valence-corrected chi connectivity index (χ4v) is 1.06. The van der Waals surface area contributed by atoms with E-state index in [1.165, 1.54) is 12.1 Å². The normalized spacial score (nSPS) is 7.00. The Morgan fingerprint density at radius 2 is 1.50 bits per heavy atom. The molecule has 2 heteroatoms. The van der Waals surface area contributed by atoms with Crippen LogP contribution in [0.1, 0.15) is 13.8 Å². The van der Waals surface area contributed by atoms with Crippen LogP contribution in [0.2, 0.25) is 12.1 Å². The summed E-state index contributed by atoms with van der Waals surface area (Å²) in [5.41, 5.74) is 0. The van der Waals surface area contributed by atoms with Gasteiger partial charge in [0.1, 0.15) is 0 Å².